The molecule has 0 heterocycles. The van der Waals surface area contributed by atoms with Crippen molar-refractivity contribution in [3.05, 3.63) is 64.6 Å². The molecule has 0 radical (unpaired) electrons. The first-order valence-electron chi connectivity index (χ1n) is 5.74. The fourth-order valence-corrected chi connectivity index (χ4v) is 2.20. The summed E-state index contributed by atoms with van der Waals surface area (Å²) in [7, 11) is 0. The van der Waals surface area contributed by atoms with Crippen LogP contribution in [0.25, 0.3) is 0 Å². The Balaban J connectivity index is 1.84. The first-order valence-corrected chi connectivity index (χ1v) is 7.35. The zero-order valence-corrected chi connectivity index (χ0v) is 12.7. The van der Waals surface area contributed by atoms with E-state index in [4.69, 9.17) is 0 Å². The minimum Gasteiger partial charge on any atom is -0.277 e. The van der Waals surface area contributed by atoms with Crippen LogP contribution in [0.4, 0.5) is 4.79 Å². The van der Waals surface area contributed by atoms with E-state index < -0.39 is 11.9 Å². The van der Waals surface area contributed by atoms with Crippen molar-refractivity contribution in [3.8, 4) is 0 Å². The summed E-state index contributed by atoms with van der Waals surface area (Å²) in [6, 6.07) is 15.5. The fraction of sp³-hybridized carbons (Fsp3) is 0. The quantitative estimate of drug-likeness (QED) is 0.831. The van der Waals surface area contributed by atoms with E-state index in [2.05, 4.69) is 26.0 Å². The molecule has 4 nitrogen and oxygen atoms in total. The van der Waals surface area contributed by atoms with E-state index in [0.717, 1.165) is 21.3 Å². The van der Waals surface area contributed by atoms with Crippen LogP contribution >= 0.6 is 27.9 Å². The molecule has 0 fully saturated rings. The van der Waals surface area contributed by atoms with E-state index in [1.54, 1.807) is 30.3 Å². The summed E-state index contributed by atoms with van der Waals surface area (Å²) in [5, 5.41) is 2.26. The molecule has 0 aliphatic carbocycles. The van der Waals surface area contributed by atoms with Crippen molar-refractivity contribution in [1.82, 2.24) is 10.0 Å². The molecule has 6 heteroatoms. The second-order valence-corrected chi connectivity index (χ2v) is 5.60. The van der Waals surface area contributed by atoms with E-state index in [9.17, 15) is 9.59 Å². The fourth-order valence-electron chi connectivity index (χ4n) is 1.40. The number of urea groups is 1. The lowest BCUT2D eigenvalue weighted by Gasteiger charge is -2.06. The molecule has 3 amide bonds. The van der Waals surface area contributed by atoms with Gasteiger partial charge in [0.05, 0.1) is 0 Å². The molecule has 20 heavy (non-hydrogen) atoms. The Hall–Kier alpha value is -1.79. The van der Waals surface area contributed by atoms with Crippen LogP contribution in [-0.2, 0) is 0 Å². The summed E-state index contributed by atoms with van der Waals surface area (Å²) in [6.07, 6.45) is 0. The molecule has 0 atom stereocenters. The molecule has 0 aliphatic heterocycles. The van der Waals surface area contributed by atoms with Gasteiger partial charge >= 0.3 is 6.03 Å². The minimum atomic E-state index is -0.549. The van der Waals surface area contributed by atoms with Crippen molar-refractivity contribution in [3.63, 3.8) is 0 Å². The molecule has 0 bridgehead atoms. The van der Waals surface area contributed by atoms with Gasteiger partial charge in [0.1, 0.15) is 0 Å². The molecule has 2 N–H and O–H groups in total. The van der Waals surface area contributed by atoms with Gasteiger partial charge in [-0.1, -0.05) is 34.1 Å². The summed E-state index contributed by atoms with van der Waals surface area (Å²) >= 11 is 4.47. The van der Waals surface area contributed by atoms with Gasteiger partial charge in [0.15, 0.2) is 0 Å². The maximum Gasteiger partial charge on any atom is 0.331 e. The lowest BCUT2D eigenvalue weighted by molar-refractivity contribution is 0.0965. The van der Waals surface area contributed by atoms with Crippen LogP contribution < -0.4 is 10.0 Å². The molecule has 2 aromatic carbocycles. The van der Waals surface area contributed by atoms with Gasteiger partial charge in [-0.15, -0.1) is 0 Å². The number of rotatable bonds is 3. The maximum absolute atomic E-state index is 11.7. The van der Waals surface area contributed by atoms with E-state index >= 15 is 0 Å². The van der Waals surface area contributed by atoms with Gasteiger partial charge in [-0.2, -0.15) is 0 Å². The summed E-state index contributed by atoms with van der Waals surface area (Å²) in [6.45, 7) is 0. The highest BCUT2D eigenvalue weighted by Crippen LogP contribution is 2.17. The molecule has 0 unspecified atom stereocenters. The summed E-state index contributed by atoms with van der Waals surface area (Å²) in [5.41, 5.74) is 0.441. The second kappa shape index (κ2) is 7.12. The number of nitrogens with one attached hydrogen (secondary N) is 2. The number of imide groups is 1. The van der Waals surface area contributed by atoms with Gasteiger partial charge in [-0.05, 0) is 48.3 Å². The van der Waals surface area contributed by atoms with Crippen LogP contribution in [0.2, 0.25) is 0 Å². The first-order chi connectivity index (χ1) is 9.65. The maximum atomic E-state index is 11.7. The lowest BCUT2D eigenvalue weighted by atomic mass is 10.2. The molecule has 0 aromatic heterocycles. The summed E-state index contributed by atoms with van der Waals surface area (Å²) in [4.78, 5) is 24.2. The van der Waals surface area contributed by atoms with Crippen molar-refractivity contribution in [2.24, 2.45) is 0 Å². The Kier molecular flexibility index (Phi) is 5.20. The van der Waals surface area contributed by atoms with Crippen molar-refractivity contribution >= 4 is 39.8 Å². The molecule has 102 valence electrons. The highest BCUT2D eigenvalue weighted by Gasteiger charge is 2.09. The van der Waals surface area contributed by atoms with Gasteiger partial charge in [-0.25, -0.2) is 4.79 Å². The average molecular weight is 351 g/mol. The van der Waals surface area contributed by atoms with Crippen molar-refractivity contribution < 1.29 is 9.59 Å². The molecule has 0 spiro atoms. The van der Waals surface area contributed by atoms with Gasteiger partial charge < -0.3 is 0 Å². The Morgan fingerprint density at radius 2 is 1.60 bits per heavy atom. The molecular formula is C14H11BrN2O2S. The number of hydrogen-bond donors (Lipinski definition) is 2. The normalized spacial score (nSPS) is 9.85. The molecular weight excluding hydrogens is 340 g/mol. The van der Waals surface area contributed by atoms with Crippen LogP contribution in [0.15, 0.2) is 64.0 Å². The van der Waals surface area contributed by atoms with Gasteiger partial charge in [-0.3, -0.25) is 14.8 Å². The number of benzene rings is 2. The van der Waals surface area contributed by atoms with Crippen molar-refractivity contribution in [2.45, 2.75) is 4.90 Å². The Labute approximate surface area is 129 Å². The predicted molar refractivity (Wildman–Crippen MR) is 82.4 cm³/mol. The van der Waals surface area contributed by atoms with E-state index in [1.807, 2.05) is 24.3 Å². The van der Waals surface area contributed by atoms with Crippen molar-refractivity contribution in [2.75, 3.05) is 0 Å². The topological polar surface area (TPSA) is 58.2 Å². The highest BCUT2D eigenvalue weighted by molar-refractivity contribution is 9.10. The van der Waals surface area contributed by atoms with Crippen LogP contribution in [0.5, 0.6) is 0 Å². The zero-order chi connectivity index (χ0) is 14.4. The van der Waals surface area contributed by atoms with Crippen LogP contribution in [0.1, 0.15) is 10.4 Å². The Bertz CT molecular complexity index is 602. The van der Waals surface area contributed by atoms with E-state index in [-0.39, 0.29) is 0 Å². The number of halogens is 1. The Morgan fingerprint density at radius 1 is 0.950 bits per heavy atom. The number of carbonyl (C=O) groups excluding carboxylic acids is 2. The minimum absolute atomic E-state index is 0.431. The van der Waals surface area contributed by atoms with Gasteiger partial charge in [0, 0.05) is 14.9 Å². The van der Waals surface area contributed by atoms with Crippen molar-refractivity contribution in [1.29, 1.82) is 0 Å². The third-order valence-corrected chi connectivity index (χ3v) is 3.66. The largest absolute Gasteiger partial charge is 0.331 e. The third-order valence-electron chi connectivity index (χ3n) is 2.34. The zero-order valence-electron chi connectivity index (χ0n) is 10.3. The molecule has 2 rings (SSSR count). The SMILES string of the molecule is O=C(NSc1ccc(Br)cc1)NC(=O)c1ccccc1. The smallest absolute Gasteiger partial charge is 0.277 e. The number of carbonyl (C=O) groups is 2. The number of hydrogen-bond acceptors (Lipinski definition) is 3. The summed E-state index contributed by atoms with van der Waals surface area (Å²) in [5.74, 6) is -0.431. The van der Waals surface area contributed by atoms with Gasteiger partial charge in [0.25, 0.3) is 5.91 Å². The van der Waals surface area contributed by atoms with Crippen LogP contribution in [0, 0.1) is 0 Å². The predicted octanol–water partition coefficient (Wildman–Crippen LogP) is 3.60. The lowest BCUT2D eigenvalue weighted by Crippen LogP contribution is -2.36. The van der Waals surface area contributed by atoms with Crippen LogP contribution in [0.3, 0.4) is 0 Å². The highest BCUT2D eigenvalue weighted by atomic mass is 79.9. The second-order valence-electron chi connectivity index (χ2n) is 3.81. The number of amides is 3. The summed E-state index contributed by atoms with van der Waals surface area (Å²) < 4.78 is 3.51. The van der Waals surface area contributed by atoms with E-state index in [0.29, 0.717) is 5.56 Å². The standard InChI is InChI=1S/C14H11BrN2O2S/c15-11-6-8-12(9-7-11)20-17-14(19)16-13(18)10-4-2-1-3-5-10/h1-9H,(H2,16,17,18,19). The van der Waals surface area contributed by atoms with Gasteiger partial charge in [0.2, 0.25) is 0 Å². The molecule has 0 saturated heterocycles. The monoisotopic (exact) mass is 350 g/mol. The molecule has 2 aromatic rings. The van der Waals surface area contributed by atoms with E-state index in [1.165, 1.54) is 0 Å². The first kappa shape index (κ1) is 14.6. The Morgan fingerprint density at radius 3 is 2.25 bits per heavy atom. The molecule has 0 saturated carbocycles. The molecule has 0 aliphatic rings. The average Bonchev–Trinajstić information content (AvgIpc) is 2.47. The van der Waals surface area contributed by atoms with Crippen LogP contribution in [-0.4, -0.2) is 11.9 Å². The third kappa shape index (κ3) is 4.40.